The van der Waals surface area contributed by atoms with Crippen molar-refractivity contribution in [2.45, 2.75) is 51.2 Å². The summed E-state index contributed by atoms with van der Waals surface area (Å²) in [5, 5.41) is 7.12. The lowest BCUT2D eigenvalue weighted by Gasteiger charge is -2.30. The summed E-state index contributed by atoms with van der Waals surface area (Å²) in [5.41, 5.74) is 2.80. The van der Waals surface area contributed by atoms with Crippen LogP contribution in [0.1, 0.15) is 44.6 Å². The number of hydrogen-bond donors (Lipinski definition) is 1. The number of anilines is 1. The third kappa shape index (κ3) is 4.98. The van der Waals surface area contributed by atoms with E-state index in [1.165, 1.54) is 31.5 Å². The van der Waals surface area contributed by atoms with Gasteiger partial charge in [0.05, 0.1) is 0 Å². The van der Waals surface area contributed by atoms with Crippen molar-refractivity contribution in [1.29, 1.82) is 0 Å². The number of halogens is 3. The molecule has 3 aliphatic rings. The molecule has 3 aliphatic heterocycles. The van der Waals surface area contributed by atoms with Gasteiger partial charge in [-0.05, 0) is 36.8 Å². The molecule has 3 fully saturated rings. The van der Waals surface area contributed by atoms with Crippen LogP contribution in [0.5, 0.6) is 0 Å². The number of hydrogen-bond acceptors (Lipinski definition) is 6. The van der Waals surface area contributed by atoms with Gasteiger partial charge in [-0.15, -0.1) is 0 Å². The van der Waals surface area contributed by atoms with Crippen molar-refractivity contribution in [3.05, 3.63) is 17.8 Å². The highest BCUT2D eigenvalue weighted by Gasteiger charge is 2.38. The second-order valence-corrected chi connectivity index (χ2v) is 7.47. The second-order valence-electron chi connectivity index (χ2n) is 7.47. The molecule has 3 saturated heterocycles. The highest BCUT2D eigenvalue weighted by atomic mass is 19.4. The van der Waals surface area contributed by atoms with E-state index in [4.69, 9.17) is 14.3 Å². The summed E-state index contributed by atoms with van der Waals surface area (Å²) in [7, 11) is 0. The fourth-order valence-electron chi connectivity index (χ4n) is 3.59. The van der Waals surface area contributed by atoms with Crippen LogP contribution in [0.3, 0.4) is 0 Å². The summed E-state index contributed by atoms with van der Waals surface area (Å²) in [4.78, 5) is 23.0. The Kier molecular flexibility index (Phi) is 6.30. The number of piperidine rings is 1. The number of nitrogens with zero attached hydrogens (tertiary/aromatic N) is 4. The Bertz CT molecular complexity index is 847. The third-order valence-electron chi connectivity index (χ3n) is 5.58. The Morgan fingerprint density at radius 3 is 2.55 bits per heavy atom. The van der Waals surface area contributed by atoms with Gasteiger partial charge in [0.2, 0.25) is 5.65 Å². The van der Waals surface area contributed by atoms with E-state index in [0.717, 1.165) is 36.8 Å². The van der Waals surface area contributed by atoms with Crippen LogP contribution in [-0.4, -0.2) is 64.3 Å². The first-order valence-electron chi connectivity index (χ1n) is 9.74. The summed E-state index contributed by atoms with van der Waals surface area (Å²) in [6, 6.07) is 3.45. The maximum absolute atomic E-state index is 10.6. The first-order valence-corrected chi connectivity index (χ1v) is 9.74. The predicted molar refractivity (Wildman–Crippen MR) is 101 cm³/mol. The zero-order valence-corrected chi connectivity index (χ0v) is 16.4. The quantitative estimate of drug-likeness (QED) is 0.821. The maximum Gasteiger partial charge on any atom is 0.490 e. The minimum absolute atomic E-state index is 0.507. The average Bonchev–Trinajstić information content (AvgIpc) is 2.87. The van der Waals surface area contributed by atoms with Gasteiger partial charge in [0, 0.05) is 38.4 Å². The number of pyridine rings is 1. The Labute approximate surface area is 166 Å². The van der Waals surface area contributed by atoms with Crippen molar-refractivity contribution < 1.29 is 27.5 Å². The molecule has 29 heavy (non-hydrogen) atoms. The molecule has 10 heteroatoms. The van der Waals surface area contributed by atoms with Crippen LogP contribution >= 0.6 is 0 Å². The first-order chi connectivity index (χ1) is 13.7. The minimum atomic E-state index is -5.08. The Morgan fingerprint density at radius 2 is 1.97 bits per heavy atom. The number of carboxylic acids is 1. The van der Waals surface area contributed by atoms with Crippen LogP contribution in [0.4, 0.5) is 19.2 Å². The molecule has 1 unspecified atom stereocenters. The molecule has 0 aliphatic carbocycles. The van der Waals surface area contributed by atoms with Gasteiger partial charge >= 0.3 is 12.1 Å². The molecule has 0 saturated carbocycles. The molecule has 0 radical (unpaired) electrons. The van der Waals surface area contributed by atoms with E-state index in [-0.39, 0.29) is 0 Å². The fraction of sp³-hybridized carbons (Fsp3) is 0.632. The molecule has 0 aromatic carbocycles. The van der Waals surface area contributed by atoms with Crippen molar-refractivity contribution in [2.24, 2.45) is 0 Å². The Morgan fingerprint density at radius 1 is 1.31 bits per heavy atom. The van der Waals surface area contributed by atoms with Crippen molar-refractivity contribution >= 4 is 23.2 Å². The predicted octanol–water partition coefficient (Wildman–Crippen LogP) is 3.65. The van der Waals surface area contributed by atoms with Crippen molar-refractivity contribution in [2.75, 3.05) is 31.1 Å². The van der Waals surface area contributed by atoms with Gasteiger partial charge in [-0.3, -0.25) is 0 Å². The van der Waals surface area contributed by atoms with E-state index in [0.29, 0.717) is 12.0 Å². The van der Waals surface area contributed by atoms with Crippen LogP contribution in [0, 0.1) is 0 Å². The molecule has 2 bridgehead atoms. The number of fused-ring (bicyclic) bond motifs is 5. The summed E-state index contributed by atoms with van der Waals surface area (Å²) in [5.74, 6) is -2.25. The van der Waals surface area contributed by atoms with E-state index < -0.39 is 12.1 Å². The highest BCUT2D eigenvalue weighted by molar-refractivity contribution is 5.73. The van der Waals surface area contributed by atoms with E-state index >= 15 is 0 Å². The van der Waals surface area contributed by atoms with Crippen molar-refractivity contribution in [3.63, 3.8) is 0 Å². The SMILES string of the molecule is CCC(C)c1cnc2nc(N3CCN4CCC3CC4)oc2c1.O=C(O)C(F)(F)F. The Hall–Kier alpha value is -2.36. The van der Waals surface area contributed by atoms with Gasteiger partial charge in [0.15, 0.2) is 5.58 Å². The monoisotopic (exact) mass is 414 g/mol. The second kappa shape index (κ2) is 8.56. The molecule has 7 nitrogen and oxygen atoms in total. The molecule has 0 spiro atoms. The van der Waals surface area contributed by atoms with Crippen molar-refractivity contribution in [1.82, 2.24) is 14.9 Å². The lowest BCUT2D eigenvalue weighted by Crippen LogP contribution is -2.38. The van der Waals surface area contributed by atoms with E-state index in [9.17, 15) is 13.2 Å². The third-order valence-corrected chi connectivity index (χ3v) is 5.58. The number of aliphatic carboxylic acids is 1. The lowest BCUT2D eigenvalue weighted by molar-refractivity contribution is -0.192. The smallest absolute Gasteiger partial charge is 0.475 e. The largest absolute Gasteiger partial charge is 0.490 e. The summed E-state index contributed by atoms with van der Waals surface area (Å²) < 4.78 is 37.8. The number of carboxylic acid groups (broad SMARTS) is 1. The average molecular weight is 414 g/mol. The van der Waals surface area contributed by atoms with Crippen LogP contribution in [0.25, 0.3) is 11.2 Å². The number of alkyl halides is 3. The Balaban J connectivity index is 0.000000298. The zero-order valence-electron chi connectivity index (χ0n) is 16.4. The van der Waals surface area contributed by atoms with Crippen molar-refractivity contribution in [3.8, 4) is 0 Å². The van der Waals surface area contributed by atoms with Gasteiger partial charge in [-0.2, -0.15) is 18.2 Å². The molecule has 2 aromatic heterocycles. The lowest BCUT2D eigenvalue weighted by atomic mass is 10.0. The summed E-state index contributed by atoms with van der Waals surface area (Å²) >= 11 is 0. The topological polar surface area (TPSA) is 82.7 Å². The normalized spacial score (nSPS) is 22.7. The van der Waals surface area contributed by atoms with Gasteiger partial charge in [0.25, 0.3) is 6.01 Å². The molecule has 160 valence electrons. The number of rotatable bonds is 3. The standard InChI is InChI=1S/C17H24N4O.C2HF3O2/c1-3-12(2)13-10-15-16(18-11-13)19-17(22-15)21-9-8-20-6-4-14(21)5-7-20;3-2(4,5)1(6)7/h10-12,14H,3-9H2,1-2H3;(H,6,7). The molecule has 2 aromatic rings. The summed E-state index contributed by atoms with van der Waals surface area (Å²) in [6.07, 6.45) is 0.398. The minimum Gasteiger partial charge on any atom is -0.475 e. The highest BCUT2D eigenvalue weighted by Crippen LogP contribution is 2.30. The number of carbonyl (C=O) groups is 1. The van der Waals surface area contributed by atoms with Gasteiger partial charge < -0.3 is 19.3 Å². The van der Waals surface area contributed by atoms with Crippen LogP contribution in [0.2, 0.25) is 0 Å². The van der Waals surface area contributed by atoms with Gasteiger partial charge in [-0.25, -0.2) is 9.78 Å². The van der Waals surface area contributed by atoms with Gasteiger partial charge in [-0.1, -0.05) is 13.8 Å². The molecular formula is C19H25F3N4O3. The zero-order chi connectivity index (χ0) is 21.2. The molecule has 1 N–H and O–H groups in total. The fourth-order valence-corrected chi connectivity index (χ4v) is 3.59. The first kappa shape index (κ1) is 21.4. The number of oxazole rings is 1. The van der Waals surface area contributed by atoms with Crippen LogP contribution in [-0.2, 0) is 4.79 Å². The van der Waals surface area contributed by atoms with E-state index in [2.05, 4.69) is 39.7 Å². The molecule has 1 atom stereocenters. The maximum atomic E-state index is 10.6. The molecule has 0 amide bonds. The number of aromatic nitrogens is 2. The molecule has 5 rings (SSSR count). The van der Waals surface area contributed by atoms with Gasteiger partial charge in [0.1, 0.15) is 0 Å². The van der Waals surface area contributed by atoms with Crippen LogP contribution in [0.15, 0.2) is 16.7 Å². The van der Waals surface area contributed by atoms with E-state index in [1.807, 2.05) is 6.20 Å². The molecular weight excluding hydrogens is 389 g/mol. The molecule has 5 heterocycles. The summed E-state index contributed by atoms with van der Waals surface area (Å²) in [6.45, 7) is 8.96. The van der Waals surface area contributed by atoms with E-state index in [1.54, 1.807) is 0 Å². The van der Waals surface area contributed by atoms with Crippen LogP contribution < -0.4 is 4.90 Å².